The Labute approximate surface area is 258 Å². The van der Waals surface area contributed by atoms with Crippen LogP contribution in [0, 0.1) is 0 Å². The average Bonchev–Trinajstić information content (AvgIpc) is 3.51. The molecule has 6 N–H and O–H groups in total. The van der Waals surface area contributed by atoms with E-state index in [4.69, 9.17) is 24.0 Å². The number of anilines is 1. The molecule has 3 aromatic rings. The molecule has 2 aliphatic heterocycles. The Hall–Kier alpha value is -2.83. The van der Waals surface area contributed by atoms with Gasteiger partial charge in [0.25, 0.3) is 5.56 Å². The maximum Gasteiger partial charge on any atom is 0.488 e. The molecule has 46 heavy (non-hydrogen) atoms. The molecule has 0 saturated carbocycles. The summed E-state index contributed by atoms with van der Waals surface area (Å²) in [5.41, 5.74) is 1.88. The second kappa shape index (κ2) is 14.1. The van der Waals surface area contributed by atoms with Gasteiger partial charge in [-0.05, 0) is 23.3 Å². The van der Waals surface area contributed by atoms with E-state index >= 15 is 0 Å². The molecule has 250 valence electrons. The van der Waals surface area contributed by atoms with Gasteiger partial charge in [0.2, 0.25) is 0 Å². The van der Waals surface area contributed by atoms with Crippen LogP contribution in [-0.4, -0.2) is 60.7 Å². The van der Waals surface area contributed by atoms with Crippen molar-refractivity contribution in [2.45, 2.75) is 43.4 Å². The molecule has 2 aliphatic rings. The molecule has 22 heteroatoms. The molecular weight excluding hydrogens is 679 g/mol. The minimum Gasteiger partial charge on any atom is -0.346 e. The zero-order valence-electron chi connectivity index (χ0n) is 23.3. The van der Waals surface area contributed by atoms with Crippen molar-refractivity contribution in [2.75, 3.05) is 12.1 Å². The monoisotopic (exact) mass is 707 g/mol. The first-order valence-electron chi connectivity index (χ1n) is 13.2. The zero-order valence-corrected chi connectivity index (χ0v) is 26.0. The Morgan fingerprint density at radius 1 is 0.848 bits per heavy atom. The van der Waals surface area contributed by atoms with E-state index in [2.05, 4.69) is 24.1 Å². The summed E-state index contributed by atoms with van der Waals surface area (Å²) < 4.78 is 69.8. The van der Waals surface area contributed by atoms with Gasteiger partial charge in [-0.2, -0.15) is 4.31 Å². The molecule has 0 aliphatic carbocycles. The Balaban J connectivity index is 1.24. The Morgan fingerprint density at radius 2 is 1.54 bits per heavy atom. The number of ether oxygens (including phenoxy) is 3. The van der Waals surface area contributed by atoms with Crippen LogP contribution in [0.2, 0.25) is 0 Å². The van der Waals surface area contributed by atoms with Crippen LogP contribution in [-0.2, 0) is 58.6 Å². The number of fused-ring (bicyclic) bond motifs is 1. The highest BCUT2D eigenvalue weighted by molar-refractivity contribution is 7.68. The molecule has 1 aromatic heterocycles. The predicted molar refractivity (Wildman–Crippen MR) is 154 cm³/mol. The predicted octanol–water partition coefficient (Wildman–Crippen LogP) is 2.24. The molecule has 0 amide bonds. The standard InChI is InChI=1S/C24H28N3O16P3/c28-19-10-11-27(24(29)25-19)23-22-21(39-20(40-22)12-15-4-2-1-3-5-15)18(38-23)13-37-45(33,34)43-46(35,36)42-44(31,32)14-16-6-8-17(9-7-16)26-41-30/h1-11,18,20-23,26,30H,12-14H2,(H,31,32)(H,33,34)(H,35,36)(H,25,28,29)/t18-,20?,21?,22+,23-/m1/s1. The molecule has 5 unspecified atom stereocenters. The SMILES string of the molecule is O=c1ccn([C@@H]2O[C@H](COP(=O)(O)OP(=O)(O)OP(=O)(O)Cc3ccc(NOO)cc3)C3OC(Cc4ccccc4)O[C@@H]32)c(=O)[nH]1. The summed E-state index contributed by atoms with van der Waals surface area (Å²) in [5.74, 6) is 0. The molecule has 2 saturated heterocycles. The summed E-state index contributed by atoms with van der Waals surface area (Å²) in [6.07, 6.45) is -4.52. The van der Waals surface area contributed by atoms with E-state index < -0.39 is 78.1 Å². The minimum atomic E-state index is -5.69. The van der Waals surface area contributed by atoms with Crippen LogP contribution in [0.4, 0.5) is 5.69 Å². The molecule has 2 fully saturated rings. The number of benzene rings is 2. The summed E-state index contributed by atoms with van der Waals surface area (Å²) in [5, 5.41) is 8.39. The van der Waals surface area contributed by atoms with Gasteiger partial charge in [0.1, 0.15) is 18.3 Å². The highest BCUT2D eigenvalue weighted by atomic mass is 31.3. The van der Waals surface area contributed by atoms with Crippen LogP contribution in [0.5, 0.6) is 0 Å². The Kier molecular flexibility index (Phi) is 10.6. The summed E-state index contributed by atoms with van der Waals surface area (Å²) >= 11 is 0. The number of aromatic nitrogens is 2. The smallest absolute Gasteiger partial charge is 0.346 e. The lowest BCUT2D eigenvalue weighted by Gasteiger charge is -2.22. The summed E-state index contributed by atoms with van der Waals surface area (Å²) in [4.78, 5) is 60.2. The first-order chi connectivity index (χ1) is 21.7. The fourth-order valence-electron chi connectivity index (χ4n) is 4.78. The molecule has 3 heterocycles. The number of hydrogen-bond acceptors (Lipinski definition) is 14. The first kappa shape index (κ1) is 34.5. The quantitative estimate of drug-likeness (QED) is 0.0797. The third kappa shape index (κ3) is 8.95. The number of hydrogen-bond donors (Lipinski definition) is 6. The third-order valence-electron chi connectivity index (χ3n) is 6.61. The van der Waals surface area contributed by atoms with E-state index in [0.717, 1.165) is 16.2 Å². The van der Waals surface area contributed by atoms with Gasteiger partial charge in [-0.1, -0.05) is 42.5 Å². The lowest BCUT2D eigenvalue weighted by molar-refractivity contribution is -0.215. The molecule has 8 atom stereocenters. The van der Waals surface area contributed by atoms with Crippen molar-refractivity contribution in [2.24, 2.45) is 0 Å². The highest BCUT2D eigenvalue weighted by Crippen LogP contribution is 2.68. The van der Waals surface area contributed by atoms with Crippen LogP contribution < -0.4 is 16.7 Å². The van der Waals surface area contributed by atoms with Crippen molar-refractivity contribution in [3.63, 3.8) is 0 Å². The van der Waals surface area contributed by atoms with Crippen molar-refractivity contribution >= 4 is 28.9 Å². The number of phosphoric ester groups is 1. The van der Waals surface area contributed by atoms with E-state index in [0.29, 0.717) is 6.42 Å². The number of phosphoric acid groups is 2. The van der Waals surface area contributed by atoms with Gasteiger partial charge in [-0.25, -0.2) is 29.0 Å². The highest BCUT2D eigenvalue weighted by Gasteiger charge is 2.54. The van der Waals surface area contributed by atoms with E-state index in [1.54, 1.807) is 0 Å². The average molecular weight is 707 g/mol. The van der Waals surface area contributed by atoms with E-state index in [1.165, 1.54) is 30.5 Å². The summed E-state index contributed by atoms with van der Waals surface area (Å²) in [6, 6.07) is 15.5. The lowest BCUT2D eigenvalue weighted by atomic mass is 10.1. The maximum atomic E-state index is 12.6. The topological polar surface area (TPSA) is 264 Å². The molecule has 0 bridgehead atoms. The number of nitrogens with one attached hydrogen (secondary N) is 2. The summed E-state index contributed by atoms with van der Waals surface area (Å²) in [6.45, 7) is -0.806. The van der Waals surface area contributed by atoms with E-state index in [9.17, 15) is 38.0 Å². The Morgan fingerprint density at radius 3 is 2.22 bits per heavy atom. The van der Waals surface area contributed by atoms with Crippen LogP contribution in [0.25, 0.3) is 0 Å². The lowest BCUT2D eigenvalue weighted by Crippen LogP contribution is -2.36. The number of aromatic amines is 1. The van der Waals surface area contributed by atoms with Gasteiger partial charge in [-0.15, -0.1) is 4.99 Å². The van der Waals surface area contributed by atoms with Crippen LogP contribution in [0.15, 0.2) is 76.4 Å². The molecule has 5 rings (SSSR count). The van der Waals surface area contributed by atoms with Gasteiger partial charge < -0.3 is 28.9 Å². The number of nitrogens with zero attached hydrogens (tertiary/aromatic N) is 1. The largest absolute Gasteiger partial charge is 0.488 e. The van der Waals surface area contributed by atoms with Crippen LogP contribution >= 0.6 is 23.2 Å². The Bertz CT molecular complexity index is 1770. The van der Waals surface area contributed by atoms with Crippen molar-refractivity contribution in [3.05, 3.63) is 98.8 Å². The first-order valence-corrected chi connectivity index (χ1v) is 18.0. The van der Waals surface area contributed by atoms with Gasteiger partial charge in [0, 0.05) is 18.7 Å². The molecule has 0 spiro atoms. The van der Waals surface area contributed by atoms with Gasteiger partial charge >= 0.3 is 28.9 Å². The molecule has 19 nitrogen and oxygen atoms in total. The normalized spacial score (nSPS) is 26.5. The fourth-order valence-corrected chi connectivity index (χ4v) is 8.92. The molecular formula is C24H28N3O16P3. The van der Waals surface area contributed by atoms with E-state index in [1.807, 2.05) is 30.3 Å². The van der Waals surface area contributed by atoms with Crippen molar-refractivity contribution in [1.29, 1.82) is 0 Å². The van der Waals surface area contributed by atoms with Crippen molar-refractivity contribution < 1.29 is 66.0 Å². The van der Waals surface area contributed by atoms with Crippen LogP contribution in [0.3, 0.4) is 0 Å². The van der Waals surface area contributed by atoms with Crippen LogP contribution in [0.1, 0.15) is 17.4 Å². The second-order valence-electron chi connectivity index (χ2n) is 9.99. The van der Waals surface area contributed by atoms with Crippen molar-refractivity contribution in [1.82, 2.24) is 9.55 Å². The molecule has 0 radical (unpaired) electrons. The van der Waals surface area contributed by atoms with Gasteiger partial charge in [-0.3, -0.25) is 23.4 Å². The fraction of sp³-hybridized carbons (Fsp3) is 0.333. The summed E-state index contributed by atoms with van der Waals surface area (Å²) in [7, 11) is -16.1. The molecule has 2 aromatic carbocycles. The number of rotatable bonds is 14. The van der Waals surface area contributed by atoms with Crippen molar-refractivity contribution in [3.8, 4) is 0 Å². The van der Waals surface area contributed by atoms with Gasteiger partial charge in [0.05, 0.1) is 18.5 Å². The zero-order chi connectivity index (χ0) is 33.1. The minimum absolute atomic E-state index is 0.145. The van der Waals surface area contributed by atoms with Gasteiger partial charge in [0.15, 0.2) is 12.5 Å². The number of H-pyrrole nitrogens is 1. The second-order valence-corrected chi connectivity index (χ2v) is 15.0. The maximum absolute atomic E-state index is 12.6. The third-order valence-corrected chi connectivity index (χ3v) is 11.3. The van der Waals surface area contributed by atoms with E-state index in [-0.39, 0.29) is 11.3 Å².